The Morgan fingerprint density at radius 3 is 3.04 bits per heavy atom. The average molecular weight is 371 g/mol. The topological polar surface area (TPSA) is 69.0 Å². The molecule has 0 bridgehead atoms. The Morgan fingerprint density at radius 2 is 2.19 bits per heavy atom. The van der Waals surface area contributed by atoms with Gasteiger partial charge in [0, 0.05) is 30.9 Å². The molecule has 0 radical (unpaired) electrons. The van der Waals surface area contributed by atoms with E-state index in [1.165, 1.54) is 4.68 Å². The molecule has 0 saturated carbocycles. The predicted molar refractivity (Wildman–Crippen MR) is 102 cm³/mol. The first-order valence-corrected chi connectivity index (χ1v) is 9.04. The van der Waals surface area contributed by atoms with Crippen molar-refractivity contribution in [3.8, 4) is 5.69 Å². The highest BCUT2D eigenvalue weighted by Gasteiger charge is 2.16. The molecule has 134 valence electrons. The number of benzene rings is 1. The molecule has 1 aromatic carbocycles. The molecule has 0 aliphatic carbocycles. The zero-order valence-electron chi connectivity index (χ0n) is 14.2. The number of nitrogens with zero attached hydrogens (tertiary/aromatic N) is 3. The number of nitrogens with one attached hydrogen (secondary N) is 1. The van der Waals surface area contributed by atoms with Crippen LogP contribution in [0.5, 0.6) is 0 Å². The van der Waals surface area contributed by atoms with Crippen molar-refractivity contribution >= 4 is 28.1 Å². The highest BCUT2D eigenvalue weighted by atomic mass is 35.5. The maximum absolute atomic E-state index is 12.7. The van der Waals surface area contributed by atoms with Crippen molar-refractivity contribution in [3.05, 3.63) is 58.2 Å². The Balaban J connectivity index is 1.59. The van der Waals surface area contributed by atoms with Crippen LogP contribution in [0.15, 0.2) is 47.7 Å². The van der Waals surface area contributed by atoms with Gasteiger partial charge in [0.2, 0.25) is 0 Å². The monoisotopic (exact) mass is 370 g/mol. The van der Waals surface area contributed by atoms with Crippen LogP contribution in [0, 0.1) is 5.92 Å². The lowest BCUT2D eigenvalue weighted by atomic mass is 10.0. The van der Waals surface area contributed by atoms with Crippen LogP contribution >= 0.6 is 11.6 Å². The van der Waals surface area contributed by atoms with Gasteiger partial charge in [0.15, 0.2) is 0 Å². The van der Waals surface area contributed by atoms with Gasteiger partial charge in [-0.1, -0.05) is 17.7 Å². The largest absolute Gasteiger partial charge is 0.382 e. The maximum Gasteiger partial charge on any atom is 0.292 e. The van der Waals surface area contributed by atoms with Crippen LogP contribution in [0.4, 0.5) is 5.69 Å². The number of pyridine rings is 1. The molecule has 1 atom stereocenters. The fraction of sp³-hybridized carbons (Fsp3) is 0.316. The van der Waals surface area contributed by atoms with E-state index in [-0.39, 0.29) is 10.6 Å². The minimum absolute atomic E-state index is 0.142. The summed E-state index contributed by atoms with van der Waals surface area (Å²) in [5, 5.41) is 9.65. The lowest BCUT2D eigenvalue weighted by Crippen LogP contribution is -2.26. The van der Waals surface area contributed by atoms with Gasteiger partial charge in [-0.2, -0.15) is 9.78 Å². The van der Waals surface area contributed by atoms with E-state index in [1.54, 1.807) is 18.6 Å². The molecule has 26 heavy (non-hydrogen) atoms. The molecule has 2 aromatic heterocycles. The van der Waals surface area contributed by atoms with E-state index < -0.39 is 0 Å². The average Bonchev–Trinajstić information content (AvgIpc) is 2.69. The van der Waals surface area contributed by atoms with Gasteiger partial charge in [0.25, 0.3) is 5.56 Å². The summed E-state index contributed by atoms with van der Waals surface area (Å²) < 4.78 is 6.79. The number of halogens is 1. The lowest BCUT2D eigenvalue weighted by molar-refractivity contribution is 0.0595. The summed E-state index contributed by atoms with van der Waals surface area (Å²) in [6.07, 6.45) is 7.27. The molecule has 1 N–H and O–H groups in total. The summed E-state index contributed by atoms with van der Waals surface area (Å²) in [7, 11) is 0. The molecule has 1 saturated heterocycles. The summed E-state index contributed by atoms with van der Waals surface area (Å²) >= 11 is 6.30. The lowest BCUT2D eigenvalue weighted by Gasteiger charge is -2.22. The van der Waals surface area contributed by atoms with Crippen LogP contribution in [0.25, 0.3) is 16.5 Å². The van der Waals surface area contributed by atoms with Gasteiger partial charge < -0.3 is 10.1 Å². The molecule has 3 aromatic rings. The fourth-order valence-electron chi connectivity index (χ4n) is 3.17. The number of aromatic nitrogens is 3. The highest BCUT2D eigenvalue weighted by molar-refractivity contribution is 6.32. The molecule has 0 spiro atoms. The van der Waals surface area contributed by atoms with Gasteiger partial charge in [-0.05, 0) is 42.3 Å². The van der Waals surface area contributed by atoms with Gasteiger partial charge in [-0.25, -0.2) is 0 Å². The summed E-state index contributed by atoms with van der Waals surface area (Å²) in [6.45, 7) is 2.28. The number of hydrogen-bond donors (Lipinski definition) is 1. The van der Waals surface area contributed by atoms with Crippen molar-refractivity contribution in [3.63, 3.8) is 0 Å². The number of fused-ring (bicyclic) bond motifs is 1. The summed E-state index contributed by atoms with van der Waals surface area (Å²) in [4.78, 5) is 16.8. The fourth-order valence-corrected chi connectivity index (χ4v) is 3.36. The second-order valence-electron chi connectivity index (χ2n) is 6.46. The number of rotatable bonds is 4. The third kappa shape index (κ3) is 3.43. The summed E-state index contributed by atoms with van der Waals surface area (Å²) in [6, 6.07) is 7.58. The van der Waals surface area contributed by atoms with Crippen molar-refractivity contribution in [1.29, 1.82) is 0 Å². The minimum Gasteiger partial charge on any atom is -0.382 e. The van der Waals surface area contributed by atoms with Gasteiger partial charge in [0.05, 0.1) is 24.2 Å². The molecule has 0 unspecified atom stereocenters. The van der Waals surface area contributed by atoms with Crippen LogP contribution in [0.1, 0.15) is 12.8 Å². The molecular formula is C19H19ClN4O2. The van der Waals surface area contributed by atoms with E-state index in [9.17, 15) is 4.79 Å². The SMILES string of the molecule is O=c1c(Cl)c(NC[C@@H]2CCCOC2)cnn1-c1ccc2ccncc2c1. The Morgan fingerprint density at radius 1 is 1.27 bits per heavy atom. The van der Waals surface area contributed by atoms with Crippen molar-refractivity contribution in [2.75, 3.05) is 25.1 Å². The molecule has 1 fully saturated rings. The molecule has 4 rings (SSSR count). The number of hydrogen-bond acceptors (Lipinski definition) is 5. The van der Waals surface area contributed by atoms with E-state index in [4.69, 9.17) is 16.3 Å². The van der Waals surface area contributed by atoms with Crippen LogP contribution < -0.4 is 10.9 Å². The minimum atomic E-state index is -0.347. The highest BCUT2D eigenvalue weighted by Crippen LogP contribution is 2.21. The molecule has 0 amide bonds. The second kappa shape index (κ2) is 7.43. The zero-order chi connectivity index (χ0) is 17.9. The van der Waals surface area contributed by atoms with E-state index >= 15 is 0 Å². The number of ether oxygens (including phenoxy) is 1. The van der Waals surface area contributed by atoms with Crippen molar-refractivity contribution < 1.29 is 4.74 Å². The van der Waals surface area contributed by atoms with Crippen molar-refractivity contribution in [2.24, 2.45) is 5.92 Å². The first-order valence-electron chi connectivity index (χ1n) is 8.66. The van der Waals surface area contributed by atoms with Gasteiger partial charge in [-0.15, -0.1) is 0 Å². The molecule has 7 heteroatoms. The van der Waals surface area contributed by atoms with E-state index in [0.29, 0.717) is 23.8 Å². The van der Waals surface area contributed by atoms with Gasteiger partial charge in [0.1, 0.15) is 5.02 Å². The quantitative estimate of drug-likeness (QED) is 0.763. The Bertz CT molecular complexity index is 983. The third-order valence-electron chi connectivity index (χ3n) is 4.62. The predicted octanol–water partition coefficient (Wildman–Crippen LogP) is 3.27. The molecular weight excluding hydrogens is 352 g/mol. The maximum atomic E-state index is 12.7. The van der Waals surface area contributed by atoms with E-state index in [2.05, 4.69) is 15.4 Å². The van der Waals surface area contributed by atoms with Crippen LogP contribution in [-0.4, -0.2) is 34.5 Å². The van der Waals surface area contributed by atoms with Crippen LogP contribution in [0.3, 0.4) is 0 Å². The van der Waals surface area contributed by atoms with Crippen LogP contribution in [0.2, 0.25) is 5.02 Å². The normalized spacial score (nSPS) is 17.3. The number of anilines is 1. The third-order valence-corrected chi connectivity index (χ3v) is 4.99. The Hall–Kier alpha value is -2.44. The standard InChI is InChI=1S/C19H19ClN4O2/c20-18-17(22-9-13-2-1-7-26-12-13)11-23-24(19(18)25)16-4-3-14-5-6-21-10-15(14)8-16/h3-6,8,10-11,13,22H,1-2,7,9,12H2/t13-/m0/s1. The van der Waals surface area contributed by atoms with E-state index in [1.807, 2.05) is 24.3 Å². The summed E-state index contributed by atoms with van der Waals surface area (Å²) in [5.41, 5.74) is 0.866. The smallest absolute Gasteiger partial charge is 0.292 e. The second-order valence-corrected chi connectivity index (χ2v) is 6.84. The van der Waals surface area contributed by atoms with Crippen molar-refractivity contribution in [1.82, 2.24) is 14.8 Å². The zero-order valence-corrected chi connectivity index (χ0v) is 14.9. The van der Waals surface area contributed by atoms with Gasteiger partial charge in [-0.3, -0.25) is 9.78 Å². The molecule has 3 heterocycles. The molecule has 1 aliphatic heterocycles. The molecule has 1 aliphatic rings. The van der Waals surface area contributed by atoms with Gasteiger partial charge >= 0.3 is 0 Å². The summed E-state index contributed by atoms with van der Waals surface area (Å²) in [5.74, 6) is 0.426. The Labute approximate surface area is 155 Å². The molecule has 6 nitrogen and oxygen atoms in total. The van der Waals surface area contributed by atoms with E-state index in [0.717, 1.165) is 36.8 Å². The van der Waals surface area contributed by atoms with Crippen LogP contribution in [-0.2, 0) is 4.74 Å². The van der Waals surface area contributed by atoms with Crippen molar-refractivity contribution in [2.45, 2.75) is 12.8 Å². The first kappa shape index (κ1) is 17.0. The Kier molecular flexibility index (Phi) is 4.86. The first-order chi connectivity index (χ1) is 12.7.